The van der Waals surface area contributed by atoms with E-state index in [2.05, 4.69) is 25.5 Å². The largest absolute Gasteiger partial charge is 0.0885 e. The van der Waals surface area contributed by atoms with Crippen LogP contribution in [0.2, 0.25) is 0 Å². The van der Waals surface area contributed by atoms with Gasteiger partial charge in [-0.05, 0) is 38.0 Å². The third kappa shape index (κ3) is 3.60. The van der Waals surface area contributed by atoms with Crippen LogP contribution in [0.15, 0.2) is 12.2 Å². The molecule has 0 N–H and O–H groups in total. The smallest absolute Gasteiger partial charge is 0.0319 e. The zero-order valence-corrected chi connectivity index (χ0v) is 7.55. The van der Waals surface area contributed by atoms with Crippen molar-refractivity contribution in [3.63, 3.8) is 0 Å². The van der Waals surface area contributed by atoms with Crippen molar-refractivity contribution >= 4 is 0 Å². The molecule has 0 heterocycles. The lowest BCUT2D eigenvalue weighted by atomic mass is 9.91. The van der Waals surface area contributed by atoms with Crippen LogP contribution in [-0.4, -0.2) is 0 Å². The monoisotopic (exact) mass is 151 g/mol. The fourth-order valence-electron chi connectivity index (χ4n) is 1.72. The van der Waals surface area contributed by atoms with Crippen LogP contribution in [0.1, 0.15) is 45.4 Å². The minimum absolute atomic E-state index is 0.872. The molecule has 0 aromatic rings. The summed E-state index contributed by atoms with van der Waals surface area (Å²) in [7, 11) is 0. The fourth-order valence-corrected chi connectivity index (χ4v) is 1.72. The van der Waals surface area contributed by atoms with Gasteiger partial charge in [0.05, 0.1) is 0 Å². The molecule has 1 unspecified atom stereocenters. The lowest BCUT2D eigenvalue weighted by Gasteiger charge is -2.14. The van der Waals surface area contributed by atoms with Crippen LogP contribution in [-0.2, 0) is 0 Å². The summed E-state index contributed by atoms with van der Waals surface area (Å²) in [6, 6.07) is 0. The van der Waals surface area contributed by atoms with Crippen molar-refractivity contribution in [3.05, 3.63) is 18.6 Å². The Kier molecular flexibility index (Phi) is 4.33. The first-order valence-corrected chi connectivity index (χ1v) is 4.92. The summed E-state index contributed by atoms with van der Waals surface area (Å²) < 4.78 is 0. The third-order valence-electron chi connectivity index (χ3n) is 2.37. The number of hydrogen-bond acceptors (Lipinski definition) is 0. The van der Waals surface area contributed by atoms with Crippen molar-refractivity contribution in [1.29, 1.82) is 0 Å². The van der Waals surface area contributed by atoms with Crippen LogP contribution in [0.4, 0.5) is 0 Å². The highest BCUT2D eigenvalue weighted by Crippen LogP contribution is 2.21. The standard InChI is InChI=1S/C11H19/c1-2-8-11-9-6-4-3-5-7-10-11/h4,6,8,11H,2-3,5,7,9-10H2,1H3/b6-4-. The summed E-state index contributed by atoms with van der Waals surface area (Å²) in [5, 5.41) is 0. The van der Waals surface area contributed by atoms with Crippen molar-refractivity contribution in [1.82, 2.24) is 0 Å². The summed E-state index contributed by atoms with van der Waals surface area (Å²) in [5.74, 6) is 0.872. The third-order valence-corrected chi connectivity index (χ3v) is 2.37. The molecule has 0 fully saturated rings. The molecule has 0 amide bonds. The Labute approximate surface area is 70.7 Å². The Bertz CT molecular complexity index is 113. The first-order chi connectivity index (χ1) is 5.43. The molecular weight excluding hydrogens is 132 g/mol. The van der Waals surface area contributed by atoms with Gasteiger partial charge in [0.15, 0.2) is 0 Å². The molecule has 0 saturated carbocycles. The predicted molar refractivity (Wildman–Crippen MR) is 50.3 cm³/mol. The zero-order chi connectivity index (χ0) is 7.94. The molecule has 0 nitrogen and oxygen atoms in total. The van der Waals surface area contributed by atoms with Crippen molar-refractivity contribution in [2.24, 2.45) is 5.92 Å². The summed E-state index contributed by atoms with van der Waals surface area (Å²) in [6.45, 7) is 2.24. The summed E-state index contributed by atoms with van der Waals surface area (Å²) in [4.78, 5) is 0. The van der Waals surface area contributed by atoms with Gasteiger partial charge in [-0.1, -0.05) is 31.9 Å². The van der Waals surface area contributed by atoms with E-state index in [9.17, 15) is 0 Å². The molecule has 1 aliphatic rings. The average Bonchev–Trinajstić information content (AvgIpc) is 1.94. The molecule has 1 rings (SSSR count). The van der Waals surface area contributed by atoms with E-state index in [0.29, 0.717) is 0 Å². The van der Waals surface area contributed by atoms with Gasteiger partial charge in [0, 0.05) is 0 Å². The van der Waals surface area contributed by atoms with Crippen molar-refractivity contribution in [2.75, 3.05) is 0 Å². The van der Waals surface area contributed by atoms with Gasteiger partial charge in [0.1, 0.15) is 0 Å². The SMILES string of the molecule is CC[CH]C1C/C=C\CCCC1. The van der Waals surface area contributed by atoms with E-state index < -0.39 is 0 Å². The summed E-state index contributed by atoms with van der Waals surface area (Å²) >= 11 is 0. The highest BCUT2D eigenvalue weighted by molar-refractivity contribution is 4.90. The summed E-state index contributed by atoms with van der Waals surface area (Å²) in [6.07, 6.45) is 15.2. The second kappa shape index (κ2) is 5.40. The quantitative estimate of drug-likeness (QED) is 0.527. The van der Waals surface area contributed by atoms with E-state index in [1.165, 1.54) is 38.5 Å². The van der Waals surface area contributed by atoms with Gasteiger partial charge >= 0.3 is 0 Å². The van der Waals surface area contributed by atoms with Gasteiger partial charge < -0.3 is 0 Å². The molecule has 0 aromatic heterocycles. The van der Waals surface area contributed by atoms with Crippen LogP contribution in [0.25, 0.3) is 0 Å². The van der Waals surface area contributed by atoms with Crippen molar-refractivity contribution < 1.29 is 0 Å². The molecular formula is C11H19. The van der Waals surface area contributed by atoms with Gasteiger partial charge in [-0.15, -0.1) is 0 Å². The lowest BCUT2D eigenvalue weighted by Crippen LogP contribution is -2.00. The fraction of sp³-hybridized carbons (Fsp3) is 0.727. The molecule has 1 radical (unpaired) electrons. The average molecular weight is 151 g/mol. The molecule has 0 aliphatic heterocycles. The number of rotatable bonds is 2. The molecule has 1 atom stereocenters. The van der Waals surface area contributed by atoms with Crippen LogP contribution >= 0.6 is 0 Å². The Morgan fingerprint density at radius 2 is 2.27 bits per heavy atom. The molecule has 0 saturated heterocycles. The Morgan fingerprint density at radius 1 is 1.36 bits per heavy atom. The Morgan fingerprint density at radius 3 is 3.09 bits per heavy atom. The van der Waals surface area contributed by atoms with Crippen molar-refractivity contribution in [3.8, 4) is 0 Å². The van der Waals surface area contributed by atoms with E-state index in [4.69, 9.17) is 0 Å². The maximum absolute atomic E-state index is 2.47. The van der Waals surface area contributed by atoms with Gasteiger partial charge in [-0.3, -0.25) is 0 Å². The normalized spacial score (nSPS) is 29.0. The highest BCUT2D eigenvalue weighted by atomic mass is 14.1. The maximum Gasteiger partial charge on any atom is -0.0319 e. The van der Waals surface area contributed by atoms with E-state index >= 15 is 0 Å². The molecule has 1 aliphatic carbocycles. The molecule has 0 spiro atoms. The van der Waals surface area contributed by atoms with Gasteiger partial charge in [-0.25, -0.2) is 0 Å². The number of allylic oxidation sites excluding steroid dienone is 2. The van der Waals surface area contributed by atoms with Gasteiger partial charge in [0.25, 0.3) is 0 Å². The Balaban J connectivity index is 2.26. The van der Waals surface area contributed by atoms with E-state index in [1.807, 2.05) is 0 Å². The van der Waals surface area contributed by atoms with Crippen LogP contribution < -0.4 is 0 Å². The van der Waals surface area contributed by atoms with Crippen LogP contribution in [0.3, 0.4) is 0 Å². The molecule has 63 valence electrons. The van der Waals surface area contributed by atoms with E-state index in [0.717, 1.165) is 5.92 Å². The van der Waals surface area contributed by atoms with Crippen LogP contribution in [0.5, 0.6) is 0 Å². The molecule has 0 bridgehead atoms. The topological polar surface area (TPSA) is 0 Å². The highest BCUT2D eigenvalue weighted by Gasteiger charge is 2.06. The molecule has 0 aromatic carbocycles. The van der Waals surface area contributed by atoms with E-state index in [1.54, 1.807) is 0 Å². The van der Waals surface area contributed by atoms with Gasteiger partial charge in [-0.2, -0.15) is 0 Å². The van der Waals surface area contributed by atoms with Crippen molar-refractivity contribution in [2.45, 2.75) is 45.4 Å². The molecule has 11 heavy (non-hydrogen) atoms. The maximum atomic E-state index is 2.47. The first kappa shape index (κ1) is 8.83. The second-order valence-electron chi connectivity index (χ2n) is 3.40. The lowest BCUT2D eigenvalue weighted by molar-refractivity contribution is 0.501. The van der Waals surface area contributed by atoms with Crippen LogP contribution in [0, 0.1) is 12.3 Å². The Hall–Kier alpha value is -0.260. The first-order valence-electron chi connectivity index (χ1n) is 4.92. The number of hydrogen-bond donors (Lipinski definition) is 0. The predicted octanol–water partition coefficient (Wildman–Crippen LogP) is 3.74. The second-order valence-corrected chi connectivity index (χ2v) is 3.40. The van der Waals surface area contributed by atoms with E-state index in [-0.39, 0.29) is 0 Å². The zero-order valence-electron chi connectivity index (χ0n) is 7.55. The minimum atomic E-state index is 0.872. The minimum Gasteiger partial charge on any atom is -0.0885 e. The molecule has 0 heteroatoms. The summed E-state index contributed by atoms with van der Waals surface area (Å²) in [5.41, 5.74) is 0. The van der Waals surface area contributed by atoms with Gasteiger partial charge in [0.2, 0.25) is 0 Å².